The first-order valence-corrected chi connectivity index (χ1v) is 19.5. The maximum atomic E-state index is 11.1. The van der Waals surface area contributed by atoms with Crippen LogP contribution in [-0.2, 0) is 0 Å². The highest BCUT2D eigenvalue weighted by atomic mass is 16.3. The highest BCUT2D eigenvalue weighted by molar-refractivity contribution is 6.11. The lowest BCUT2D eigenvalue weighted by Gasteiger charge is -2.16. The second-order valence-corrected chi connectivity index (χ2v) is 14.7. The zero-order valence-electron chi connectivity index (χ0n) is 31.3. The molecule has 11 aromatic rings. The third-order valence-corrected chi connectivity index (χ3v) is 11.3. The van der Waals surface area contributed by atoms with Gasteiger partial charge in [-0.05, 0) is 87.0 Å². The van der Waals surface area contributed by atoms with Gasteiger partial charge in [0.15, 0.2) is 0 Å². The quantitative estimate of drug-likeness (QED) is 0.171. The van der Waals surface area contributed by atoms with Gasteiger partial charge in [0.25, 0.3) is 0 Å². The molecule has 3 heteroatoms. The van der Waals surface area contributed by atoms with Crippen molar-refractivity contribution >= 4 is 43.9 Å². The number of fused-ring (bicyclic) bond motifs is 6. The normalized spacial score (nSPS) is 11.4. The van der Waals surface area contributed by atoms with Crippen LogP contribution in [0.15, 0.2) is 209 Å². The van der Waals surface area contributed by atoms with Crippen LogP contribution in [0.2, 0.25) is 0 Å². The minimum Gasteiger partial charge on any atom is -0.455 e. The van der Waals surface area contributed by atoms with Crippen LogP contribution in [0.5, 0.6) is 0 Å². The van der Waals surface area contributed by atoms with E-state index in [1.165, 1.54) is 0 Å². The summed E-state index contributed by atoms with van der Waals surface area (Å²) in [6.07, 6.45) is 0. The fourth-order valence-electron chi connectivity index (χ4n) is 8.55. The molecule has 0 fully saturated rings. The molecule has 0 unspecified atom stereocenters. The lowest BCUT2D eigenvalue weighted by Crippen LogP contribution is -1.94. The summed E-state index contributed by atoms with van der Waals surface area (Å²) >= 11 is 0. The van der Waals surface area contributed by atoms with Crippen LogP contribution in [0.4, 0.5) is 0 Å². The van der Waals surface area contributed by atoms with Crippen LogP contribution in [0.1, 0.15) is 5.56 Å². The van der Waals surface area contributed by atoms with Gasteiger partial charge in [0, 0.05) is 43.8 Å². The molecule has 2 heterocycles. The number of furan rings is 2. The van der Waals surface area contributed by atoms with Gasteiger partial charge in [-0.15, -0.1) is 0 Å². The molecule has 0 amide bonds. The Hall–Kier alpha value is -7.93. The molecule has 0 aliphatic carbocycles. The van der Waals surface area contributed by atoms with Gasteiger partial charge in [-0.1, -0.05) is 158 Å². The molecule has 9 aromatic carbocycles. The van der Waals surface area contributed by atoms with E-state index in [4.69, 9.17) is 8.83 Å². The van der Waals surface area contributed by atoms with Crippen molar-refractivity contribution in [2.75, 3.05) is 0 Å². The first-order valence-electron chi connectivity index (χ1n) is 19.5. The van der Waals surface area contributed by atoms with Crippen LogP contribution in [0, 0.1) is 11.3 Å². The van der Waals surface area contributed by atoms with Crippen LogP contribution < -0.4 is 0 Å². The average Bonchev–Trinajstić information content (AvgIpc) is 3.88. The Labute approximate surface area is 335 Å². The van der Waals surface area contributed by atoms with E-state index >= 15 is 0 Å². The number of hydrogen-bond donors (Lipinski definition) is 0. The Bertz CT molecular complexity index is 3240. The summed E-state index contributed by atoms with van der Waals surface area (Å²) in [7, 11) is 0. The number of benzene rings is 9. The topological polar surface area (TPSA) is 50.1 Å². The molecule has 0 bridgehead atoms. The van der Waals surface area contributed by atoms with Crippen LogP contribution in [0.3, 0.4) is 0 Å². The van der Waals surface area contributed by atoms with E-state index in [9.17, 15) is 5.26 Å². The third kappa shape index (κ3) is 5.59. The molecule has 0 spiro atoms. The van der Waals surface area contributed by atoms with E-state index in [0.29, 0.717) is 5.56 Å². The second kappa shape index (κ2) is 13.7. The summed E-state index contributed by atoms with van der Waals surface area (Å²) in [6, 6.07) is 72.0. The summed E-state index contributed by atoms with van der Waals surface area (Å²) in [5.74, 6) is 0. The molecule has 0 aliphatic heterocycles. The van der Waals surface area contributed by atoms with Crippen molar-refractivity contribution < 1.29 is 8.83 Å². The first-order chi connectivity index (χ1) is 28.7. The van der Waals surface area contributed by atoms with Gasteiger partial charge in [-0.25, -0.2) is 0 Å². The van der Waals surface area contributed by atoms with Crippen molar-refractivity contribution in [3.8, 4) is 72.8 Å². The minimum absolute atomic E-state index is 0.612. The zero-order valence-corrected chi connectivity index (χ0v) is 31.3. The molecule has 0 aliphatic rings. The molecule has 58 heavy (non-hydrogen) atoms. The van der Waals surface area contributed by atoms with Crippen molar-refractivity contribution in [1.29, 1.82) is 5.26 Å². The highest BCUT2D eigenvalue weighted by Crippen LogP contribution is 2.43. The van der Waals surface area contributed by atoms with E-state index in [1.807, 2.05) is 42.5 Å². The van der Waals surface area contributed by atoms with E-state index < -0.39 is 0 Å². The monoisotopic (exact) mass is 739 g/mol. The highest BCUT2D eigenvalue weighted by Gasteiger charge is 2.19. The summed E-state index contributed by atoms with van der Waals surface area (Å²) in [5.41, 5.74) is 16.1. The number of nitriles is 1. The molecule has 2 aromatic heterocycles. The van der Waals surface area contributed by atoms with E-state index in [1.54, 1.807) is 0 Å². The van der Waals surface area contributed by atoms with Crippen molar-refractivity contribution in [3.05, 3.63) is 206 Å². The molecule has 0 N–H and O–H groups in total. The van der Waals surface area contributed by atoms with E-state index in [-0.39, 0.29) is 0 Å². The van der Waals surface area contributed by atoms with Crippen molar-refractivity contribution in [1.82, 2.24) is 0 Å². The van der Waals surface area contributed by atoms with Gasteiger partial charge in [0.05, 0.1) is 5.56 Å². The molecular formula is C55H33NO2. The maximum Gasteiger partial charge on any atom is 0.143 e. The molecule has 11 rings (SSSR count). The predicted molar refractivity (Wildman–Crippen MR) is 238 cm³/mol. The molecule has 0 atom stereocenters. The van der Waals surface area contributed by atoms with Gasteiger partial charge < -0.3 is 8.83 Å². The van der Waals surface area contributed by atoms with E-state index in [0.717, 1.165) is 111 Å². The Kier molecular flexibility index (Phi) is 7.88. The van der Waals surface area contributed by atoms with Crippen LogP contribution >= 0.6 is 0 Å². The van der Waals surface area contributed by atoms with E-state index in [2.05, 4.69) is 164 Å². The summed E-state index contributed by atoms with van der Waals surface area (Å²) in [6.45, 7) is 0. The number of rotatable bonds is 6. The Morgan fingerprint density at radius 1 is 0.293 bits per heavy atom. The van der Waals surface area contributed by atoms with Gasteiger partial charge in [-0.2, -0.15) is 5.26 Å². The molecule has 3 nitrogen and oxygen atoms in total. The third-order valence-electron chi connectivity index (χ3n) is 11.3. The van der Waals surface area contributed by atoms with Crippen LogP contribution in [0.25, 0.3) is 111 Å². The lowest BCUT2D eigenvalue weighted by atomic mass is 9.86. The fraction of sp³-hybridized carbons (Fsp3) is 0. The van der Waals surface area contributed by atoms with Crippen LogP contribution in [-0.4, -0.2) is 0 Å². The largest absolute Gasteiger partial charge is 0.455 e. The van der Waals surface area contributed by atoms with Gasteiger partial charge in [-0.3, -0.25) is 0 Å². The van der Waals surface area contributed by atoms with Crippen molar-refractivity contribution in [2.45, 2.75) is 0 Å². The summed E-state index contributed by atoms with van der Waals surface area (Å²) < 4.78 is 12.9. The SMILES string of the molecule is N#Cc1c(-c2cccc(-c3cccc4c3oc3ccccc34)c2)cc(-c2cccc(-c3ccccc3)c2)cc1-c1cccc(-c2cccc3c2oc2ccccc23)c1. The first kappa shape index (κ1) is 33.4. The molecule has 0 saturated heterocycles. The number of nitrogens with zero attached hydrogens (tertiary/aromatic N) is 1. The number of hydrogen-bond acceptors (Lipinski definition) is 3. The second-order valence-electron chi connectivity index (χ2n) is 14.7. The zero-order chi connectivity index (χ0) is 38.6. The summed E-state index contributed by atoms with van der Waals surface area (Å²) in [5, 5.41) is 15.5. The predicted octanol–water partition coefficient (Wildman–Crippen LogP) is 15.4. The standard InChI is InChI=1S/C55H33NO2/c56-34-51-49(40-19-9-17-38(30-40)43-23-11-25-47-45-21-4-6-27-52(45)57-54(43)47)32-42(37-16-8-15-36(29-37)35-13-2-1-3-14-35)33-50(51)41-20-10-18-39(31-41)44-24-12-26-48-46-22-5-7-28-53(46)58-55(44)48/h1-33H. The summed E-state index contributed by atoms with van der Waals surface area (Å²) in [4.78, 5) is 0. The van der Waals surface area contributed by atoms with Crippen molar-refractivity contribution in [2.24, 2.45) is 0 Å². The average molecular weight is 740 g/mol. The lowest BCUT2D eigenvalue weighted by molar-refractivity contribution is 0.669. The molecule has 270 valence electrons. The Morgan fingerprint density at radius 2 is 0.672 bits per heavy atom. The van der Waals surface area contributed by atoms with Crippen molar-refractivity contribution in [3.63, 3.8) is 0 Å². The van der Waals surface area contributed by atoms with Gasteiger partial charge in [0.2, 0.25) is 0 Å². The molecule has 0 radical (unpaired) electrons. The molecular weight excluding hydrogens is 707 g/mol. The Balaban J connectivity index is 1.11. The van der Waals surface area contributed by atoms with Gasteiger partial charge >= 0.3 is 0 Å². The maximum absolute atomic E-state index is 11.1. The Morgan fingerprint density at radius 3 is 1.19 bits per heavy atom. The minimum atomic E-state index is 0.612. The molecule has 0 saturated carbocycles. The van der Waals surface area contributed by atoms with Gasteiger partial charge in [0.1, 0.15) is 28.4 Å². The smallest absolute Gasteiger partial charge is 0.143 e. The number of para-hydroxylation sites is 4. The fourth-order valence-corrected chi connectivity index (χ4v) is 8.55.